The number of nitrogens with zero attached hydrogens (tertiary/aromatic N) is 1. The summed E-state index contributed by atoms with van der Waals surface area (Å²) >= 11 is 0. The van der Waals surface area contributed by atoms with Crippen LogP contribution in [0, 0.1) is 5.82 Å². The molecule has 0 aliphatic carbocycles. The van der Waals surface area contributed by atoms with Crippen molar-refractivity contribution in [2.45, 2.75) is 31.8 Å². The minimum atomic E-state index is -0.602. The van der Waals surface area contributed by atoms with Crippen molar-refractivity contribution in [1.82, 2.24) is 10.2 Å². The first-order chi connectivity index (χ1) is 9.56. The highest BCUT2D eigenvalue weighted by molar-refractivity contribution is 5.92. The van der Waals surface area contributed by atoms with Gasteiger partial charge in [0.05, 0.1) is 0 Å². The number of hydrogen-bond acceptors (Lipinski definition) is 3. The van der Waals surface area contributed by atoms with Crippen LogP contribution in [0.25, 0.3) is 0 Å². The van der Waals surface area contributed by atoms with E-state index in [-0.39, 0.29) is 11.4 Å². The number of primary amides is 1. The Bertz CT molecular complexity index is 472. The smallest absolute Gasteiger partial charge is 0.248 e. The van der Waals surface area contributed by atoms with Crippen molar-refractivity contribution in [3.8, 4) is 0 Å². The van der Waals surface area contributed by atoms with E-state index in [1.165, 1.54) is 25.3 Å². The normalized spacial score (nSPS) is 19.2. The molecule has 0 radical (unpaired) electrons. The molecular weight excluding hydrogens is 257 g/mol. The second kappa shape index (κ2) is 6.81. The van der Waals surface area contributed by atoms with Gasteiger partial charge in [-0.1, -0.05) is 12.5 Å². The summed E-state index contributed by atoms with van der Waals surface area (Å²) in [4.78, 5) is 13.1. The van der Waals surface area contributed by atoms with Crippen molar-refractivity contribution in [1.29, 1.82) is 0 Å². The number of rotatable bonds is 5. The van der Waals surface area contributed by atoms with Crippen molar-refractivity contribution in [2.75, 3.05) is 20.1 Å². The van der Waals surface area contributed by atoms with Crippen LogP contribution >= 0.6 is 0 Å². The maximum atomic E-state index is 13.9. The molecule has 0 saturated carbocycles. The molecule has 0 bridgehead atoms. The van der Waals surface area contributed by atoms with Gasteiger partial charge in [0, 0.05) is 30.3 Å². The van der Waals surface area contributed by atoms with Crippen molar-refractivity contribution < 1.29 is 9.18 Å². The third-order valence-corrected chi connectivity index (χ3v) is 3.72. The Kier molecular flexibility index (Phi) is 5.09. The molecule has 1 aliphatic rings. The molecule has 1 atom stereocenters. The first kappa shape index (κ1) is 14.9. The van der Waals surface area contributed by atoms with Gasteiger partial charge in [-0.2, -0.15) is 0 Å². The molecule has 1 unspecified atom stereocenters. The molecule has 3 N–H and O–H groups in total. The minimum absolute atomic E-state index is 0.211. The second-order valence-corrected chi connectivity index (χ2v) is 5.51. The second-order valence-electron chi connectivity index (χ2n) is 5.51. The number of nitrogens with two attached hydrogens (primary N) is 1. The van der Waals surface area contributed by atoms with Crippen LogP contribution in [-0.4, -0.2) is 37.0 Å². The monoisotopic (exact) mass is 279 g/mol. The van der Waals surface area contributed by atoms with E-state index in [1.807, 2.05) is 7.05 Å². The van der Waals surface area contributed by atoms with Gasteiger partial charge < -0.3 is 16.0 Å². The van der Waals surface area contributed by atoms with Gasteiger partial charge in [-0.15, -0.1) is 0 Å². The number of likely N-dealkylation sites (N-methyl/N-ethyl adjacent to an activating group) is 1. The lowest BCUT2D eigenvalue weighted by atomic mass is 10.0. The average molecular weight is 279 g/mol. The van der Waals surface area contributed by atoms with E-state index in [2.05, 4.69) is 10.2 Å². The summed E-state index contributed by atoms with van der Waals surface area (Å²) < 4.78 is 13.9. The highest BCUT2D eigenvalue weighted by Gasteiger charge is 2.15. The Morgan fingerprint density at radius 3 is 2.90 bits per heavy atom. The topological polar surface area (TPSA) is 58.4 Å². The average Bonchev–Trinajstić information content (AvgIpc) is 2.42. The number of carbonyl (C=O) groups excluding carboxylic acids is 1. The first-order valence-corrected chi connectivity index (χ1v) is 7.06. The van der Waals surface area contributed by atoms with Crippen LogP contribution in [0.5, 0.6) is 0 Å². The summed E-state index contributed by atoms with van der Waals surface area (Å²) in [5.74, 6) is -0.972. The fourth-order valence-corrected chi connectivity index (χ4v) is 2.64. The van der Waals surface area contributed by atoms with Gasteiger partial charge in [0.1, 0.15) is 5.82 Å². The maximum absolute atomic E-state index is 13.9. The number of piperidine rings is 1. The van der Waals surface area contributed by atoms with Crippen LogP contribution in [0.15, 0.2) is 18.2 Å². The number of benzene rings is 1. The zero-order valence-electron chi connectivity index (χ0n) is 11.9. The molecule has 0 spiro atoms. The molecule has 1 heterocycles. The quantitative estimate of drug-likeness (QED) is 0.858. The molecule has 2 rings (SSSR count). The zero-order chi connectivity index (χ0) is 14.5. The maximum Gasteiger partial charge on any atom is 0.248 e. The molecule has 1 aromatic carbocycles. The van der Waals surface area contributed by atoms with E-state index in [0.29, 0.717) is 18.2 Å². The predicted molar refractivity (Wildman–Crippen MR) is 76.9 cm³/mol. The molecular formula is C15H22FN3O. The van der Waals surface area contributed by atoms with Crippen LogP contribution in [0.4, 0.5) is 4.39 Å². The van der Waals surface area contributed by atoms with Gasteiger partial charge in [-0.3, -0.25) is 4.79 Å². The molecule has 1 fully saturated rings. The largest absolute Gasteiger partial charge is 0.366 e. The Hall–Kier alpha value is -1.46. The van der Waals surface area contributed by atoms with Crippen LogP contribution in [0.3, 0.4) is 0 Å². The number of hydrogen-bond donors (Lipinski definition) is 2. The van der Waals surface area contributed by atoms with Crippen LogP contribution in [-0.2, 0) is 6.54 Å². The van der Waals surface area contributed by atoms with E-state index >= 15 is 0 Å². The highest BCUT2D eigenvalue weighted by Crippen LogP contribution is 2.14. The highest BCUT2D eigenvalue weighted by atomic mass is 19.1. The van der Waals surface area contributed by atoms with Gasteiger partial charge in [0.2, 0.25) is 5.91 Å². The summed E-state index contributed by atoms with van der Waals surface area (Å²) in [7, 11) is 1.98. The molecule has 4 nitrogen and oxygen atoms in total. The van der Waals surface area contributed by atoms with E-state index < -0.39 is 5.91 Å². The number of amides is 1. The van der Waals surface area contributed by atoms with E-state index in [0.717, 1.165) is 13.1 Å². The molecule has 1 aliphatic heterocycles. The van der Waals surface area contributed by atoms with Crippen LogP contribution < -0.4 is 11.1 Å². The van der Waals surface area contributed by atoms with E-state index in [4.69, 9.17) is 5.73 Å². The van der Waals surface area contributed by atoms with Gasteiger partial charge >= 0.3 is 0 Å². The molecule has 1 aromatic rings. The third kappa shape index (κ3) is 4.02. The number of carbonyl (C=O) groups is 1. The molecule has 20 heavy (non-hydrogen) atoms. The number of nitrogens with one attached hydrogen (secondary N) is 1. The Labute approximate surface area is 119 Å². The molecule has 110 valence electrons. The molecule has 5 heteroatoms. The van der Waals surface area contributed by atoms with Crippen LogP contribution in [0.1, 0.15) is 35.2 Å². The molecule has 0 aromatic heterocycles. The Morgan fingerprint density at radius 2 is 2.30 bits per heavy atom. The standard InChI is InChI=1S/C15H22FN3O/c1-19(10-13-4-2-3-7-18-13)9-12-6-5-11(15(17)20)8-14(12)16/h5-6,8,13,18H,2-4,7,9-10H2,1H3,(H2,17,20). The summed E-state index contributed by atoms with van der Waals surface area (Å²) in [5, 5.41) is 3.48. The predicted octanol–water partition coefficient (Wildman–Crippen LogP) is 1.50. The Morgan fingerprint density at radius 1 is 1.50 bits per heavy atom. The van der Waals surface area contributed by atoms with Crippen molar-refractivity contribution in [2.24, 2.45) is 5.73 Å². The fourth-order valence-electron chi connectivity index (χ4n) is 2.64. The lowest BCUT2D eigenvalue weighted by Crippen LogP contribution is -2.42. The summed E-state index contributed by atoms with van der Waals surface area (Å²) in [6.45, 7) is 2.50. The minimum Gasteiger partial charge on any atom is -0.366 e. The molecule has 1 saturated heterocycles. The summed E-state index contributed by atoms with van der Waals surface area (Å²) in [5.41, 5.74) is 5.94. The third-order valence-electron chi connectivity index (χ3n) is 3.72. The van der Waals surface area contributed by atoms with Gasteiger partial charge in [0.15, 0.2) is 0 Å². The van der Waals surface area contributed by atoms with Gasteiger partial charge in [-0.25, -0.2) is 4.39 Å². The summed E-state index contributed by atoms with van der Waals surface area (Å²) in [6, 6.07) is 4.92. The van der Waals surface area contributed by atoms with Gasteiger partial charge in [-0.05, 0) is 38.6 Å². The summed E-state index contributed by atoms with van der Waals surface area (Å²) in [6.07, 6.45) is 3.67. The first-order valence-electron chi connectivity index (χ1n) is 7.06. The SMILES string of the molecule is CN(Cc1ccc(C(N)=O)cc1F)CC1CCCCN1. The van der Waals surface area contributed by atoms with Crippen molar-refractivity contribution >= 4 is 5.91 Å². The Balaban J connectivity index is 1.93. The van der Waals surface area contributed by atoms with E-state index in [9.17, 15) is 9.18 Å². The van der Waals surface area contributed by atoms with E-state index in [1.54, 1.807) is 12.1 Å². The fraction of sp³-hybridized carbons (Fsp3) is 0.533. The number of halogens is 1. The van der Waals surface area contributed by atoms with Crippen molar-refractivity contribution in [3.05, 3.63) is 35.1 Å². The lowest BCUT2D eigenvalue weighted by Gasteiger charge is -2.28. The van der Waals surface area contributed by atoms with Gasteiger partial charge in [0.25, 0.3) is 0 Å². The zero-order valence-corrected chi connectivity index (χ0v) is 11.9. The van der Waals surface area contributed by atoms with Crippen molar-refractivity contribution in [3.63, 3.8) is 0 Å². The van der Waals surface area contributed by atoms with Crippen LogP contribution in [0.2, 0.25) is 0 Å². The molecule has 1 amide bonds. The lowest BCUT2D eigenvalue weighted by molar-refractivity contribution is 0.1000.